The molecule has 2 fully saturated rings. The molecule has 1 aromatic carbocycles. The fourth-order valence-corrected chi connectivity index (χ4v) is 3.78. The van der Waals surface area contributed by atoms with Gasteiger partial charge in [0.15, 0.2) is 0 Å². The first kappa shape index (κ1) is 19.5. The number of rotatable bonds is 4. The molecule has 0 spiro atoms. The lowest BCUT2D eigenvalue weighted by molar-refractivity contribution is -0.139. The van der Waals surface area contributed by atoms with Crippen LogP contribution in [0.4, 0.5) is 8.78 Å². The maximum absolute atomic E-state index is 12.9. The minimum atomic E-state index is -3.00. The number of halogens is 2. The van der Waals surface area contributed by atoms with E-state index in [0.717, 1.165) is 19.5 Å². The molecule has 2 aliphatic rings. The van der Waals surface area contributed by atoms with E-state index in [1.54, 1.807) is 17.0 Å². The van der Waals surface area contributed by atoms with Crippen molar-refractivity contribution in [3.05, 3.63) is 29.8 Å². The smallest absolute Gasteiger partial charge is 0.387 e. The van der Waals surface area contributed by atoms with Crippen LogP contribution in [0.15, 0.2) is 24.3 Å². The van der Waals surface area contributed by atoms with Gasteiger partial charge in [-0.3, -0.25) is 9.59 Å². The van der Waals surface area contributed by atoms with Crippen molar-refractivity contribution < 1.29 is 23.1 Å². The Bertz CT molecular complexity index is 686. The van der Waals surface area contributed by atoms with E-state index in [1.807, 2.05) is 11.8 Å². The Labute approximate surface area is 157 Å². The van der Waals surface area contributed by atoms with Gasteiger partial charge in [-0.15, -0.1) is 0 Å². The molecule has 3 rings (SSSR count). The third-order valence-corrected chi connectivity index (χ3v) is 5.18. The van der Waals surface area contributed by atoms with Gasteiger partial charge in [0.1, 0.15) is 5.75 Å². The van der Waals surface area contributed by atoms with E-state index in [9.17, 15) is 18.4 Å². The van der Waals surface area contributed by atoms with Gasteiger partial charge in [-0.2, -0.15) is 8.78 Å². The van der Waals surface area contributed by atoms with Crippen LogP contribution in [0.25, 0.3) is 0 Å². The van der Waals surface area contributed by atoms with Crippen molar-refractivity contribution in [2.24, 2.45) is 5.92 Å². The van der Waals surface area contributed by atoms with Crippen molar-refractivity contribution in [1.29, 1.82) is 0 Å². The Morgan fingerprint density at radius 1 is 1.26 bits per heavy atom. The summed E-state index contributed by atoms with van der Waals surface area (Å²) in [6.07, 6.45) is 1.44. The van der Waals surface area contributed by atoms with E-state index < -0.39 is 6.61 Å². The molecule has 148 valence electrons. The number of likely N-dealkylation sites (tertiary alicyclic amines) is 1. The second kappa shape index (κ2) is 8.65. The molecule has 2 aliphatic heterocycles. The molecule has 2 heterocycles. The van der Waals surface area contributed by atoms with Crippen LogP contribution in [0.2, 0.25) is 0 Å². The minimum absolute atomic E-state index is 0.0682. The monoisotopic (exact) mass is 381 g/mol. The highest BCUT2D eigenvalue weighted by Crippen LogP contribution is 2.26. The molecule has 0 aliphatic carbocycles. The van der Waals surface area contributed by atoms with Gasteiger partial charge < -0.3 is 19.9 Å². The Kier molecular flexibility index (Phi) is 6.26. The fourth-order valence-electron chi connectivity index (χ4n) is 3.78. The predicted octanol–water partition coefficient (Wildman–Crippen LogP) is 1.96. The average Bonchev–Trinajstić information content (AvgIpc) is 2.67. The number of para-hydroxylation sites is 1. The maximum Gasteiger partial charge on any atom is 0.387 e. The Hall–Kier alpha value is -2.22. The number of amides is 2. The van der Waals surface area contributed by atoms with Crippen LogP contribution < -0.4 is 10.1 Å². The number of hydrogen-bond acceptors (Lipinski definition) is 4. The lowest BCUT2D eigenvalue weighted by Crippen LogP contribution is -2.55. The summed E-state index contributed by atoms with van der Waals surface area (Å²) in [6, 6.07) is 6.11. The lowest BCUT2D eigenvalue weighted by atomic mass is 9.95. The molecular weight excluding hydrogens is 356 g/mol. The number of alkyl halides is 2. The van der Waals surface area contributed by atoms with Crippen molar-refractivity contribution >= 4 is 11.8 Å². The quantitative estimate of drug-likeness (QED) is 0.866. The molecule has 1 N–H and O–H groups in total. The third kappa shape index (κ3) is 4.55. The molecule has 2 saturated heterocycles. The minimum Gasteiger partial charge on any atom is -0.434 e. The number of hydrogen-bond donors (Lipinski definition) is 1. The van der Waals surface area contributed by atoms with Gasteiger partial charge in [0, 0.05) is 38.8 Å². The van der Waals surface area contributed by atoms with Crippen molar-refractivity contribution in [3.63, 3.8) is 0 Å². The Morgan fingerprint density at radius 2 is 2.04 bits per heavy atom. The van der Waals surface area contributed by atoms with Crippen LogP contribution in [0.3, 0.4) is 0 Å². The van der Waals surface area contributed by atoms with Gasteiger partial charge in [0.2, 0.25) is 5.91 Å². The molecule has 8 heteroatoms. The topological polar surface area (TPSA) is 61.9 Å². The predicted molar refractivity (Wildman–Crippen MR) is 95.7 cm³/mol. The summed E-state index contributed by atoms with van der Waals surface area (Å²) < 4.78 is 29.7. The molecule has 2 atom stereocenters. The number of piperazine rings is 1. The molecule has 2 unspecified atom stereocenters. The van der Waals surface area contributed by atoms with Crippen LogP contribution in [-0.2, 0) is 4.79 Å². The number of carbonyl (C=O) groups excluding carboxylic acids is 2. The summed E-state index contributed by atoms with van der Waals surface area (Å²) >= 11 is 0. The Balaban J connectivity index is 1.71. The van der Waals surface area contributed by atoms with Crippen molar-refractivity contribution in [2.45, 2.75) is 32.4 Å². The third-order valence-electron chi connectivity index (χ3n) is 5.18. The standard InChI is InChI=1S/C19H25F2N3O3/c1-13-11-22-8-10-24(13)17(25)14-5-4-9-23(12-14)18(26)15-6-2-3-7-16(15)27-19(20)21/h2-3,6-7,13-14,19,22H,4-5,8-12H2,1H3. The first-order valence-electron chi connectivity index (χ1n) is 9.31. The zero-order valence-electron chi connectivity index (χ0n) is 15.4. The largest absolute Gasteiger partial charge is 0.434 e. The van der Waals surface area contributed by atoms with Gasteiger partial charge in [-0.1, -0.05) is 12.1 Å². The molecule has 0 aromatic heterocycles. The molecule has 6 nitrogen and oxygen atoms in total. The highest BCUT2D eigenvalue weighted by molar-refractivity contribution is 5.97. The van der Waals surface area contributed by atoms with Crippen LogP contribution in [0, 0.1) is 5.92 Å². The van der Waals surface area contributed by atoms with E-state index in [1.165, 1.54) is 12.1 Å². The van der Waals surface area contributed by atoms with Crippen LogP contribution in [-0.4, -0.2) is 67.0 Å². The lowest BCUT2D eigenvalue weighted by Gasteiger charge is -2.39. The zero-order chi connectivity index (χ0) is 19.4. The highest BCUT2D eigenvalue weighted by Gasteiger charge is 2.34. The second-order valence-electron chi connectivity index (χ2n) is 7.05. The van der Waals surface area contributed by atoms with Crippen molar-refractivity contribution in [2.75, 3.05) is 32.7 Å². The number of nitrogens with zero attached hydrogens (tertiary/aromatic N) is 2. The van der Waals surface area contributed by atoms with E-state index >= 15 is 0 Å². The number of carbonyl (C=O) groups is 2. The number of piperidine rings is 1. The van der Waals surface area contributed by atoms with Gasteiger partial charge in [-0.25, -0.2) is 0 Å². The Morgan fingerprint density at radius 3 is 2.78 bits per heavy atom. The molecule has 2 amide bonds. The summed E-state index contributed by atoms with van der Waals surface area (Å²) in [4.78, 5) is 29.2. The van der Waals surface area contributed by atoms with Crippen LogP contribution >= 0.6 is 0 Å². The highest BCUT2D eigenvalue weighted by atomic mass is 19.3. The van der Waals surface area contributed by atoms with E-state index in [0.29, 0.717) is 26.1 Å². The zero-order valence-corrected chi connectivity index (χ0v) is 15.4. The summed E-state index contributed by atoms with van der Waals surface area (Å²) in [6.45, 7) is 2.01. The van der Waals surface area contributed by atoms with Gasteiger partial charge in [-0.05, 0) is 31.9 Å². The maximum atomic E-state index is 12.9. The van der Waals surface area contributed by atoms with E-state index in [-0.39, 0.29) is 35.1 Å². The van der Waals surface area contributed by atoms with Crippen molar-refractivity contribution in [1.82, 2.24) is 15.1 Å². The van der Waals surface area contributed by atoms with Gasteiger partial charge in [0.05, 0.1) is 11.5 Å². The first-order valence-corrected chi connectivity index (χ1v) is 9.31. The molecular formula is C19H25F2N3O3. The summed E-state index contributed by atoms with van der Waals surface area (Å²) in [5.74, 6) is -0.705. The van der Waals surface area contributed by atoms with E-state index in [2.05, 4.69) is 10.1 Å². The molecule has 27 heavy (non-hydrogen) atoms. The number of benzene rings is 1. The van der Waals surface area contributed by atoms with Crippen LogP contribution in [0.1, 0.15) is 30.1 Å². The van der Waals surface area contributed by atoms with Gasteiger partial charge >= 0.3 is 6.61 Å². The molecule has 0 radical (unpaired) electrons. The molecule has 1 aromatic rings. The average molecular weight is 381 g/mol. The van der Waals surface area contributed by atoms with Crippen LogP contribution in [0.5, 0.6) is 5.75 Å². The van der Waals surface area contributed by atoms with Gasteiger partial charge in [0.25, 0.3) is 5.91 Å². The molecule has 0 bridgehead atoms. The van der Waals surface area contributed by atoms with Crippen molar-refractivity contribution in [3.8, 4) is 5.75 Å². The normalized spacial score (nSPS) is 23.4. The summed E-state index contributed by atoms with van der Waals surface area (Å²) in [7, 11) is 0. The number of nitrogens with one attached hydrogen (secondary N) is 1. The summed E-state index contributed by atoms with van der Waals surface area (Å²) in [5, 5.41) is 3.26. The molecule has 0 saturated carbocycles. The van der Waals surface area contributed by atoms with E-state index in [4.69, 9.17) is 0 Å². The first-order chi connectivity index (χ1) is 13.0. The summed E-state index contributed by atoms with van der Waals surface area (Å²) in [5.41, 5.74) is 0.0986. The second-order valence-corrected chi connectivity index (χ2v) is 7.05. The SMILES string of the molecule is CC1CNCCN1C(=O)C1CCCN(C(=O)c2ccccc2OC(F)F)C1. The fraction of sp³-hybridized carbons (Fsp3) is 0.579. The number of ether oxygens (including phenoxy) is 1.